The Morgan fingerprint density at radius 2 is 1.58 bits per heavy atom. The zero-order valence-corrected chi connectivity index (χ0v) is 22.9. The summed E-state index contributed by atoms with van der Waals surface area (Å²) < 4.78 is 46.2. The third-order valence-electron chi connectivity index (χ3n) is 6.62. The zero-order valence-electron chi connectivity index (χ0n) is 21.3. The summed E-state index contributed by atoms with van der Waals surface area (Å²) in [5.41, 5.74) is 1.56. The second kappa shape index (κ2) is 11.1. The number of para-hydroxylation sites is 2. The molecule has 38 heavy (non-hydrogen) atoms. The number of carbonyl (C=O) groups excluding carboxylic acids is 1. The summed E-state index contributed by atoms with van der Waals surface area (Å²) in [6, 6.07) is 12.5. The minimum Gasteiger partial charge on any atom is -0.372 e. The van der Waals surface area contributed by atoms with E-state index in [4.69, 9.17) is 14.7 Å². The highest BCUT2D eigenvalue weighted by Gasteiger charge is 2.31. The number of carbonyl (C=O) groups is 1. The average Bonchev–Trinajstić information content (AvgIpc) is 2.91. The minimum atomic E-state index is -3.74. The van der Waals surface area contributed by atoms with E-state index in [0.717, 1.165) is 29.0 Å². The molecule has 2 atom stereocenters. The summed E-state index contributed by atoms with van der Waals surface area (Å²) in [5, 5.41) is 0.691. The van der Waals surface area contributed by atoms with Crippen LogP contribution in [0.15, 0.2) is 58.5 Å². The molecule has 202 valence electrons. The van der Waals surface area contributed by atoms with Crippen LogP contribution in [0.3, 0.4) is 0 Å². The quantitative estimate of drug-likeness (QED) is 0.426. The van der Waals surface area contributed by atoms with E-state index in [1.807, 2.05) is 38.1 Å². The first-order chi connectivity index (χ1) is 18.2. The first kappa shape index (κ1) is 26.8. The highest BCUT2D eigenvalue weighted by Crippen LogP contribution is 2.31. The van der Waals surface area contributed by atoms with Crippen molar-refractivity contribution in [3.05, 3.63) is 54.3 Å². The Bertz CT molecular complexity index is 1400. The van der Waals surface area contributed by atoms with Crippen LogP contribution in [0.2, 0.25) is 0 Å². The summed E-state index contributed by atoms with van der Waals surface area (Å²) in [7, 11) is -3.74. The first-order valence-corrected chi connectivity index (χ1v) is 15.0. The molecule has 9 nitrogen and oxygen atoms in total. The molecule has 0 saturated carbocycles. The van der Waals surface area contributed by atoms with Crippen LogP contribution in [0.5, 0.6) is 0 Å². The zero-order chi connectivity index (χ0) is 26.9. The SMILES string of the molecule is C[C@@H]1CN(c2nc3ccccc3nc2SCC(=O)N2CCN(S(=O)(=O)c3ccc(F)cc3)CC2)C[C@H](C)O1. The fourth-order valence-electron chi connectivity index (χ4n) is 4.78. The van der Waals surface area contributed by atoms with Crippen LogP contribution >= 0.6 is 11.8 Å². The van der Waals surface area contributed by atoms with Crippen LogP contribution in [-0.2, 0) is 19.6 Å². The molecule has 2 saturated heterocycles. The number of hydrogen-bond acceptors (Lipinski definition) is 8. The summed E-state index contributed by atoms with van der Waals surface area (Å²) >= 11 is 1.35. The third-order valence-corrected chi connectivity index (χ3v) is 9.47. The van der Waals surface area contributed by atoms with Gasteiger partial charge in [0.05, 0.1) is 33.9 Å². The maximum atomic E-state index is 13.2. The van der Waals surface area contributed by atoms with E-state index in [0.29, 0.717) is 18.1 Å². The number of ether oxygens (including phenoxy) is 1. The van der Waals surface area contributed by atoms with Crippen molar-refractivity contribution in [1.29, 1.82) is 0 Å². The molecule has 0 N–H and O–H groups in total. The van der Waals surface area contributed by atoms with E-state index in [-0.39, 0.29) is 54.9 Å². The van der Waals surface area contributed by atoms with E-state index < -0.39 is 15.8 Å². The smallest absolute Gasteiger partial charge is 0.243 e. The van der Waals surface area contributed by atoms with Crippen molar-refractivity contribution in [2.75, 3.05) is 49.9 Å². The van der Waals surface area contributed by atoms with Crippen molar-refractivity contribution in [2.45, 2.75) is 36.0 Å². The number of amides is 1. The number of piperazine rings is 1. The Morgan fingerprint density at radius 3 is 2.21 bits per heavy atom. The predicted molar refractivity (Wildman–Crippen MR) is 144 cm³/mol. The Labute approximate surface area is 226 Å². The fourth-order valence-corrected chi connectivity index (χ4v) is 7.11. The molecule has 0 aliphatic carbocycles. The molecule has 12 heteroatoms. The van der Waals surface area contributed by atoms with E-state index in [2.05, 4.69) is 4.90 Å². The average molecular weight is 560 g/mol. The lowest BCUT2D eigenvalue weighted by Crippen LogP contribution is -2.51. The van der Waals surface area contributed by atoms with Gasteiger partial charge in [-0.3, -0.25) is 4.79 Å². The van der Waals surface area contributed by atoms with Crippen LogP contribution in [0.1, 0.15) is 13.8 Å². The number of morpholine rings is 1. The largest absolute Gasteiger partial charge is 0.372 e. The van der Waals surface area contributed by atoms with Crippen molar-refractivity contribution in [2.24, 2.45) is 0 Å². The number of fused-ring (bicyclic) bond motifs is 1. The van der Waals surface area contributed by atoms with Gasteiger partial charge in [0.1, 0.15) is 10.8 Å². The minimum absolute atomic E-state index is 0.0448. The van der Waals surface area contributed by atoms with Gasteiger partial charge in [-0.1, -0.05) is 23.9 Å². The van der Waals surface area contributed by atoms with Gasteiger partial charge in [0.25, 0.3) is 0 Å². The molecule has 3 aromatic rings. The number of thioether (sulfide) groups is 1. The van der Waals surface area contributed by atoms with E-state index in [1.165, 1.54) is 28.2 Å². The van der Waals surface area contributed by atoms with Crippen LogP contribution in [0.25, 0.3) is 11.0 Å². The molecule has 1 aromatic heterocycles. The standard InChI is InChI=1S/C26H30FN5O4S2/c1-18-15-31(16-19(2)36-18)25-26(29-23-6-4-3-5-22(23)28-25)37-17-24(33)30-11-13-32(14-12-30)38(34,35)21-9-7-20(27)8-10-21/h3-10,18-19H,11-17H2,1-2H3/t18-,19+. The normalized spacial score (nSPS) is 21.1. The highest BCUT2D eigenvalue weighted by molar-refractivity contribution is 8.00. The van der Waals surface area contributed by atoms with E-state index >= 15 is 0 Å². The summed E-state index contributed by atoms with van der Waals surface area (Å²) in [5.74, 6) is 0.339. The van der Waals surface area contributed by atoms with Crippen molar-refractivity contribution in [3.63, 3.8) is 0 Å². The molecule has 5 rings (SSSR count). The molecule has 2 aliphatic heterocycles. The van der Waals surface area contributed by atoms with Gasteiger partial charge in [-0.05, 0) is 50.2 Å². The van der Waals surface area contributed by atoms with Crippen molar-refractivity contribution >= 4 is 44.5 Å². The molecule has 1 amide bonds. The lowest BCUT2D eigenvalue weighted by atomic mass is 10.2. The van der Waals surface area contributed by atoms with Gasteiger partial charge in [-0.15, -0.1) is 0 Å². The monoisotopic (exact) mass is 559 g/mol. The highest BCUT2D eigenvalue weighted by atomic mass is 32.2. The molecule has 0 radical (unpaired) electrons. The number of sulfonamides is 1. The maximum absolute atomic E-state index is 13.2. The Kier molecular flexibility index (Phi) is 7.85. The van der Waals surface area contributed by atoms with Gasteiger partial charge in [0.2, 0.25) is 15.9 Å². The Morgan fingerprint density at radius 1 is 0.974 bits per heavy atom. The molecule has 0 unspecified atom stereocenters. The van der Waals surface area contributed by atoms with Crippen molar-refractivity contribution in [3.8, 4) is 0 Å². The van der Waals surface area contributed by atoms with Gasteiger partial charge >= 0.3 is 0 Å². The lowest BCUT2D eigenvalue weighted by Gasteiger charge is -2.36. The second-order valence-electron chi connectivity index (χ2n) is 9.53. The Balaban J connectivity index is 1.26. The van der Waals surface area contributed by atoms with Crippen molar-refractivity contribution < 1.29 is 22.3 Å². The lowest BCUT2D eigenvalue weighted by molar-refractivity contribution is -0.129. The van der Waals surface area contributed by atoms with E-state index in [9.17, 15) is 17.6 Å². The molecule has 2 aromatic carbocycles. The second-order valence-corrected chi connectivity index (χ2v) is 12.4. The topological polar surface area (TPSA) is 95.9 Å². The summed E-state index contributed by atoms with van der Waals surface area (Å²) in [6.07, 6.45) is 0.1000. The van der Waals surface area contributed by atoms with Crippen LogP contribution < -0.4 is 4.90 Å². The summed E-state index contributed by atoms with van der Waals surface area (Å²) in [4.78, 5) is 26.7. The fraction of sp³-hybridized carbons (Fsp3) is 0.423. The molecular formula is C26H30FN5O4S2. The number of anilines is 1. The Hall–Kier alpha value is -2.80. The number of nitrogens with zero attached hydrogens (tertiary/aromatic N) is 5. The number of aromatic nitrogens is 2. The number of rotatable bonds is 6. The number of halogens is 1. The molecular weight excluding hydrogens is 529 g/mol. The molecule has 2 fully saturated rings. The number of benzene rings is 2. The maximum Gasteiger partial charge on any atom is 0.243 e. The molecule has 0 bridgehead atoms. The first-order valence-electron chi connectivity index (χ1n) is 12.5. The molecule has 2 aliphatic rings. The number of hydrogen-bond donors (Lipinski definition) is 0. The van der Waals surface area contributed by atoms with Crippen LogP contribution in [0.4, 0.5) is 10.2 Å². The van der Waals surface area contributed by atoms with Gasteiger partial charge in [0.15, 0.2) is 5.82 Å². The molecule has 0 spiro atoms. The van der Waals surface area contributed by atoms with Crippen LogP contribution in [-0.4, -0.2) is 90.7 Å². The van der Waals surface area contributed by atoms with Gasteiger partial charge in [0, 0.05) is 39.3 Å². The summed E-state index contributed by atoms with van der Waals surface area (Å²) in [6.45, 7) is 6.37. The van der Waals surface area contributed by atoms with Crippen molar-refractivity contribution in [1.82, 2.24) is 19.2 Å². The van der Waals surface area contributed by atoms with Gasteiger partial charge in [-0.2, -0.15) is 4.31 Å². The third kappa shape index (κ3) is 5.78. The van der Waals surface area contributed by atoms with Gasteiger partial charge in [-0.25, -0.2) is 22.8 Å². The predicted octanol–water partition coefficient (Wildman–Crippen LogP) is 3.01. The molecule has 3 heterocycles. The van der Waals surface area contributed by atoms with E-state index in [1.54, 1.807) is 4.90 Å². The van der Waals surface area contributed by atoms with Gasteiger partial charge < -0.3 is 14.5 Å². The van der Waals surface area contributed by atoms with Crippen LogP contribution in [0, 0.1) is 5.82 Å².